The second-order valence-electron chi connectivity index (χ2n) is 5.48. The predicted octanol–water partition coefficient (Wildman–Crippen LogP) is 0.715. The van der Waals surface area contributed by atoms with E-state index >= 15 is 0 Å². The first-order valence-electron chi connectivity index (χ1n) is 7.39. The summed E-state index contributed by atoms with van der Waals surface area (Å²) in [6, 6.07) is 8.52. The average Bonchev–Trinajstić information content (AvgIpc) is 3.30. The Morgan fingerprint density at radius 3 is 2.41 bits per heavy atom. The molecule has 3 N–H and O–H groups in total. The van der Waals surface area contributed by atoms with E-state index in [0.29, 0.717) is 0 Å². The van der Waals surface area contributed by atoms with Crippen molar-refractivity contribution in [1.82, 2.24) is 10.6 Å². The summed E-state index contributed by atoms with van der Waals surface area (Å²) >= 11 is 0. The zero-order valence-electron chi connectivity index (χ0n) is 12.2. The summed E-state index contributed by atoms with van der Waals surface area (Å²) in [5, 5.41) is 14.2. The Morgan fingerprint density at radius 1 is 1.14 bits per heavy atom. The van der Waals surface area contributed by atoms with Gasteiger partial charge in [-0.05, 0) is 24.3 Å². The molecule has 1 aliphatic carbocycles. The molecule has 1 atom stereocenters. The van der Waals surface area contributed by atoms with Crippen LogP contribution in [0.5, 0.6) is 0 Å². The molecule has 0 bridgehead atoms. The number of nitrogens with one attached hydrogen (secondary N) is 2. The number of amides is 2. The fourth-order valence-electron chi connectivity index (χ4n) is 2.22. The van der Waals surface area contributed by atoms with E-state index in [1.807, 2.05) is 30.3 Å². The van der Waals surface area contributed by atoms with E-state index in [1.165, 1.54) is 0 Å². The highest BCUT2D eigenvalue weighted by molar-refractivity contribution is 5.84. The van der Waals surface area contributed by atoms with Gasteiger partial charge in [-0.1, -0.05) is 30.3 Å². The summed E-state index contributed by atoms with van der Waals surface area (Å²) in [5.41, 5.74) is 0.907. The third-order valence-electron chi connectivity index (χ3n) is 3.56. The SMILES string of the molecule is O=C(Cc1ccccc1)NCCC(=O)NC(C(=O)O)C1CC1. The van der Waals surface area contributed by atoms with Gasteiger partial charge in [-0.25, -0.2) is 4.79 Å². The number of carbonyl (C=O) groups excluding carboxylic acids is 2. The van der Waals surface area contributed by atoms with E-state index in [-0.39, 0.29) is 37.1 Å². The number of benzene rings is 1. The summed E-state index contributed by atoms with van der Waals surface area (Å²) in [6.45, 7) is 0.203. The van der Waals surface area contributed by atoms with Crippen LogP contribution in [0.25, 0.3) is 0 Å². The molecule has 1 aromatic rings. The molecule has 6 nitrogen and oxygen atoms in total. The number of carboxylic acids is 1. The maximum atomic E-state index is 11.7. The van der Waals surface area contributed by atoms with Gasteiger partial charge in [0.05, 0.1) is 6.42 Å². The molecular weight excluding hydrogens is 284 g/mol. The summed E-state index contributed by atoms with van der Waals surface area (Å²) in [4.78, 5) is 34.4. The molecule has 118 valence electrons. The van der Waals surface area contributed by atoms with Gasteiger partial charge in [0.1, 0.15) is 6.04 Å². The van der Waals surface area contributed by atoms with Crippen LogP contribution < -0.4 is 10.6 Å². The lowest BCUT2D eigenvalue weighted by molar-refractivity contribution is -0.142. The maximum absolute atomic E-state index is 11.7. The minimum absolute atomic E-state index is 0.0501. The fraction of sp³-hybridized carbons (Fsp3) is 0.438. The van der Waals surface area contributed by atoms with Gasteiger partial charge in [0.25, 0.3) is 0 Å². The maximum Gasteiger partial charge on any atom is 0.326 e. The third-order valence-corrected chi connectivity index (χ3v) is 3.56. The van der Waals surface area contributed by atoms with Crippen molar-refractivity contribution in [2.24, 2.45) is 5.92 Å². The van der Waals surface area contributed by atoms with E-state index in [1.54, 1.807) is 0 Å². The number of carbonyl (C=O) groups is 3. The highest BCUT2D eigenvalue weighted by Gasteiger charge is 2.37. The van der Waals surface area contributed by atoms with Crippen molar-refractivity contribution in [2.75, 3.05) is 6.54 Å². The van der Waals surface area contributed by atoms with Gasteiger partial charge >= 0.3 is 5.97 Å². The van der Waals surface area contributed by atoms with E-state index in [9.17, 15) is 14.4 Å². The Bertz CT molecular complexity index is 540. The second kappa shape index (κ2) is 7.59. The van der Waals surface area contributed by atoms with E-state index < -0.39 is 12.0 Å². The topological polar surface area (TPSA) is 95.5 Å². The summed E-state index contributed by atoms with van der Waals surface area (Å²) in [6.07, 6.45) is 2.02. The molecular formula is C16H20N2O4. The Hall–Kier alpha value is -2.37. The lowest BCUT2D eigenvalue weighted by Gasteiger charge is -2.13. The highest BCUT2D eigenvalue weighted by Crippen LogP contribution is 2.32. The molecule has 1 saturated carbocycles. The predicted molar refractivity (Wildman–Crippen MR) is 80.1 cm³/mol. The van der Waals surface area contributed by atoms with Crippen LogP contribution in [0, 0.1) is 5.92 Å². The molecule has 0 heterocycles. The van der Waals surface area contributed by atoms with Crippen LogP contribution >= 0.6 is 0 Å². The molecule has 0 aliphatic heterocycles. The Balaban J connectivity index is 1.66. The van der Waals surface area contributed by atoms with Crippen molar-refractivity contribution in [3.8, 4) is 0 Å². The van der Waals surface area contributed by atoms with Crippen molar-refractivity contribution < 1.29 is 19.5 Å². The van der Waals surface area contributed by atoms with Gasteiger partial charge < -0.3 is 15.7 Å². The van der Waals surface area contributed by atoms with Crippen molar-refractivity contribution in [3.05, 3.63) is 35.9 Å². The molecule has 0 spiro atoms. The molecule has 1 unspecified atom stereocenters. The number of hydrogen-bond donors (Lipinski definition) is 3. The molecule has 22 heavy (non-hydrogen) atoms. The summed E-state index contributed by atoms with van der Waals surface area (Å²) in [5.74, 6) is -1.45. The number of hydrogen-bond acceptors (Lipinski definition) is 3. The van der Waals surface area contributed by atoms with E-state index in [4.69, 9.17) is 5.11 Å². The van der Waals surface area contributed by atoms with Crippen LogP contribution in [0.15, 0.2) is 30.3 Å². The Labute approximate surface area is 128 Å². The number of rotatable bonds is 8. The first kappa shape index (κ1) is 16.0. The lowest BCUT2D eigenvalue weighted by Crippen LogP contribution is -2.43. The van der Waals surface area contributed by atoms with Crippen LogP contribution in [-0.4, -0.2) is 35.5 Å². The van der Waals surface area contributed by atoms with Gasteiger partial charge in [0.2, 0.25) is 11.8 Å². The zero-order chi connectivity index (χ0) is 15.9. The van der Waals surface area contributed by atoms with Gasteiger partial charge in [-0.2, -0.15) is 0 Å². The molecule has 0 saturated heterocycles. The van der Waals surface area contributed by atoms with Crippen LogP contribution in [0.1, 0.15) is 24.8 Å². The molecule has 2 rings (SSSR count). The normalized spacial score (nSPS) is 14.9. The standard InChI is InChI=1S/C16H20N2O4/c19-13(18-15(16(21)22)12-6-7-12)8-9-17-14(20)10-11-4-2-1-3-5-11/h1-5,12,15H,6-10H2,(H,17,20)(H,18,19)(H,21,22). The lowest BCUT2D eigenvalue weighted by atomic mass is 10.1. The monoisotopic (exact) mass is 304 g/mol. The van der Waals surface area contributed by atoms with Gasteiger partial charge in [0.15, 0.2) is 0 Å². The van der Waals surface area contributed by atoms with Crippen molar-refractivity contribution in [1.29, 1.82) is 0 Å². The Morgan fingerprint density at radius 2 is 1.82 bits per heavy atom. The van der Waals surface area contributed by atoms with Crippen molar-refractivity contribution >= 4 is 17.8 Å². The molecule has 6 heteroatoms. The molecule has 1 aliphatic rings. The Kier molecular flexibility index (Phi) is 5.52. The van der Waals surface area contributed by atoms with Crippen LogP contribution in [-0.2, 0) is 20.8 Å². The highest BCUT2D eigenvalue weighted by atomic mass is 16.4. The van der Waals surface area contributed by atoms with Crippen LogP contribution in [0.3, 0.4) is 0 Å². The first-order valence-corrected chi connectivity index (χ1v) is 7.39. The van der Waals surface area contributed by atoms with Crippen molar-refractivity contribution in [2.45, 2.75) is 31.7 Å². The minimum atomic E-state index is -0.996. The minimum Gasteiger partial charge on any atom is -0.480 e. The third kappa shape index (κ3) is 5.20. The average molecular weight is 304 g/mol. The molecule has 0 radical (unpaired) electrons. The van der Waals surface area contributed by atoms with Gasteiger partial charge in [0, 0.05) is 13.0 Å². The zero-order valence-corrected chi connectivity index (χ0v) is 12.2. The smallest absolute Gasteiger partial charge is 0.326 e. The van der Waals surface area contributed by atoms with E-state index in [0.717, 1.165) is 18.4 Å². The summed E-state index contributed by atoms with van der Waals surface area (Å²) < 4.78 is 0. The van der Waals surface area contributed by atoms with Gasteiger partial charge in [-0.15, -0.1) is 0 Å². The molecule has 2 amide bonds. The quantitative estimate of drug-likeness (QED) is 0.659. The second-order valence-corrected chi connectivity index (χ2v) is 5.48. The number of carboxylic acid groups (broad SMARTS) is 1. The molecule has 1 aromatic carbocycles. The van der Waals surface area contributed by atoms with Crippen molar-refractivity contribution in [3.63, 3.8) is 0 Å². The molecule has 1 fully saturated rings. The largest absolute Gasteiger partial charge is 0.480 e. The number of aliphatic carboxylic acids is 1. The fourth-order valence-corrected chi connectivity index (χ4v) is 2.22. The van der Waals surface area contributed by atoms with E-state index in [2.05, 4.69) is 10.6 Å². The first-order chi connectivity index (χ1) is 10.6. The molecule has 0 aromatic heterocycles. The summed E-state index contributed by atoms with van der Waals surface area (Å²) in [7, 11) is 0. The van der Waals surface area contributed by atoms with Crippen LogP contribution in [0.2, 0.25) is 0 Å². The van der Waals surface area contributed by atoms with Gasteiger partial charge in [-0.3, -0.25) is 9.59 Å². The van der Waals surface area contributed by atoms with Crippen LogP contribution in [0.4, 0.5) is 0 Å².